The van der Waals surface area contributed by atoms with Crippen molar-refractivity contribution >= 4 is 18.4 Å². The van der Waals surface area contributed by atoms with Gasteiger partial charge in [-0.25, -0.2) is 5.10 Å². The van der Waals surface area contributed by atoms with Crippen LogP contribution in [-0.4, -0.2) is 39.9 Å². The number of aromatic nitrogens is 3. The van der Waals surface area contributed by atoms with Gasteiger partial charge in [-0.05, 0) is 43.4 Å². The second-order valence-corrected chi connectivity index (χ2v) is 5.62. The predicted octanol–water partition coefficient (Wildman–Crippen LogP) is 3.60. The Kier molecular flexibility index (Phi) is 5.33. The van der Waals surface area contributed by atoms with Crippen molar-refractivity contribution in [3.8, 4) is 28.6 Å². The van der Waals surface area contributed by atoms with E-state index in [1.54, 1.807) is 25.3 Å². The molecule has 7 nitrogen and oxygen atoms in total. The number of benzene rings is 2. The van der Waals surface area contributed by atoms with Gasteiger partial charge in [0.1, 0.15) is 5.75 Å². The number of hydrogen-bond acceptors (Lipinski definition) is 6. The number of phenols is 1. The van der Waals surface area contributed by atoms with Gasteiger partial charge >= 0.3 is 0 Å². The van der Waals surface area contributed by atoms with Gasteiger partial charge in [0.2, 0.25) is 4.77 Å². The van der Waals surface area contributed by atoms with Gasteiger partial charge in [-0.15, -0.1) is 0 Å². The van der Waals surface area contributed by atoms with Gasteiger partial charge in [0.25, 0.3) is 0 Å². The fourth-order valence-electron chi connectivity index (χ4n) is 2.44. The monoisotopic (exact) mass is 370 g/mol. The summed E-state index contributed by atoms with van der Waals surface area (Å²) in [6.45, 7) is 2.31. The lowest BCUT2D eigenvalue weighted by atomic mass is 10.2. The number of para-hydroxylation sites is 2. The van der Waals surface area contributed by atoms with Crippen LogP contribution in [0.4, 0.5) is 0 Å². The minimum atomic E-state index is 0.0203. The third kappa shape index (κ3) is 3.45. The summed E-state index contributed by atoms with van der Waals surface area (Å²) >= 11 is 5.27. The molecule has 0 saturated carbocycles. The van der Waals surface area contributed by atoms with Gasteiger partial charge in [0.15, 0.2) is 17.3 Å². The summed E-state index contributed by atoms with van der Waals surface area (Å²) in [6, 6.07) is 12.6. The molecule has 2 N–H and O–H groups in total. The fraction of sp³-hybridized carbons (Fsp3) is 0.167. The summed E-state index contributed by atoms with van der Waals surface area (Å²) < 4.78 is 12.6. The number of rotatable bonds is 6. The lowest BCUT2D eigenvalue weighted by Crippen LogP contribution is -1.98. The van der Waals surface area contributed by atoms with E-state index in [9.17, 15) is 5.11 Å². The van der Waals surface area contributed by atoms with E-state index in [0.29, 0.717) is 34.3 Å². The molecule has 0 aliphatic heterocycles. The van der Waals surface area contributed by atoms with E-state index in [1.807, 2.05) is 31.2 Å². The zero-order valence-electron chi connectivity index (χ0n) is 14.3. The first kappa shape index (κ1) is 17.7. The second-order valence-electron chi connectivity index (χ2n) is 5.24. The van der Waals surface area contributed by atoms with Crippen LogP contribution in [0.1, 0.15) is 12.5 Å². The Morgan fingerprint density at radius 3 is 2.77 bits per heavy atom. The van der Waals surface area contributed by atoms with Crippen molar-refractivity contribution in [3.05, 3.63) is 52.8 Å². The smallest absolute Gasteiger partial charge is 0.216 e. The molecule has 0 unspecified atom stereocenters. The molecule has 0 bridgehead atoms. The highest BCUT2D eigenvalue weighted by Crippen LogP contribution is 2.30. The Hall–Kier alpha value is -3.13. The van der Waals surface area contributed by atoms with E-state index < -0.39 is 0 Å². The molecular weight excluding hydrogens is 352 g/mol. The zero-order chi connectivity index (χ0) is 18.5. The molecule has 3 aromatic rings. The molecule has 0 saturated heterocycles. The summed E-state index contributed by atoms with van der Waals surface area (Å²) in [4.78, 5) is 0. The molecule has 0 amide bonds. The van der Waals surface area contributed by atoms with Crippen LogP contribution in [0.2, 0.25) is 0 Å². The number of methoxy groups -OCH3 is 1. The summed E-state index contributed by atoms with van der Waals surface area (Å²) in [5.74, 6) is 1.58. The Bertz CT molecular complexity index is 994. The topological polar surface area (TPSA) is 84.7 Å². The lowest BCUT2D eigenvalue weighted by molar-refractivity contribution is 0.318. The maximum Gasteiger partial charge on any atom is 0.216 e. The molecule has 1 heterocycles. The van der Waals surface area contributed by atoms with Gasteiger partial charge in [0.05, 0.1) is 25.5 Å². The number of nitrogens with one attached hydrogen (secondary N) is 1. The Balaban J connectivity index is 2.02. The molecule has 0 radical (unpaired) electrons. The van der Waals surface area contributed by atoms with Crippen LogP contribution in [-0.2, 0) is 0 Å². The van der Waals surface area contributed by atoms with E-state index in [2.05, 4.69) is 15.3 Å². The Labute approximate surface area is 155 Å². The number of nitrogens with zero attached hydrogens (tertiary/aromatic N) is 3. The molecule has 0 fully saturated rings. The predicted molar refractivity (Wildman–Crippen MR) is 102 cm³/mol. The van der Waals surface area contributed by atoms with Gasteiger partial charge < -0.3 is 14.6 Å². The van der Waals surface area contributed by atoms with Gasteiger partial charge in [-0.3, -0.25) is 0 Å². The minimum Gasteiger partial charge on any atom is -0.504 e. The molecule has 2 aromatic carbocycles. The number of H-pyrrole nitrogens is 1. The number of hydrogen-bond donors (Lipinski definition) is 2. The fourth-order valence-corrected chi connectivity index (χ4v) is 2.62. The number of aromatic hydroxyl groups is 1. The summed E-state index contributed by atoms with van der Waals surface area (Å²) in [5, 5.41) is 21.6. The van der Waals surface area contributed by atoms with Crippen molar-refractivity contribution in [2.75, 3.05) is 13.7 Å². The van der Waals surface area contributed by atoms with Crippen LogP contribution in [0.25, 0.3) is 11.4 Å². The molecule has 0 atom stereocenters. The van der Waals surface area contributed by atoms with Gasteiger partial charge in [0, 0.05) is 5.56 Å². The normalized spacial score (nSPS) is 11.0. The van der Waals surface area contributed by atoms with E-state index >= 15 is 0 Å². The first-order valence-electron chi connectivity index (χ1n) is 7.95. The highest BCUT2D eigenvalue weighted by Gasteiger charge is 2.13. The molecule has 0 aliphatic rings. The maximum absolute atomic E-state index is 10.3. The van der Waals surface area contributed by atoms with Crippen molar-refractivity contribution in [2.24, 2.45) is 5.10 Å². The molecule has 0 aliphatic carbocycles. The third-order valence-corrected chi connectivity index (χ3v) is 3.90. The quantitative estimate of drug-likeness (QED) is 0.511. The van der Waals surface area contributed by atoms with Crippen LogP contribution in [0, 0.1) is 4.77 Å². The minimum absolute atomic E-state index is 0.0203. The molecule has 0 spiro atoms. The standard InChI is InChI=1S/C18H18N4O3S/c1-3-25-15-10-6-7-12(16(15)23)11-19-22-17(20-21-18(22)26)13-8-4-5-9-14(13)24-2/h4-11,23H,3H2,1-2H3,(H,21,26)/b19-11+. The number of aromatic amines is 1. The molecule has 1 aromatic heterocycles. The summed E-state index contributed by atoms with van der Waals surface area (Å²) in [5.41, 5.74) is 1.25. The van der Waals surface area contributed by atoms with E-state index in [-0.39, 0.29) is 5.75 Å². The average Bonchev–Trinajstić information content (AvgIpc) is 3.03. The van der Waals surface area contributed by atoms with Crippen molar-refractivity contribution in [3.63, 3.8) is 0 Å². The highest BCUT2D eigenvalue weighted by atomic mass is 32.1. The van der Waals surface area contributed by atoms with Crippen molar-refractivity contribution in [2.45, 2.75) is 6.92 Å². The van der Waals surface area contributed by atoms with E-state index in [0.717, 1.165) is 5.56 Å². The molecule has 26 heavy (non-hydrogen) atoms. The summed E-state index contributed by atoms with van der Waals surface area (Å²) in [6.07, 6.45) is 1.50. The van der Waals surface area contributed by atoms with Gasteiger partial charge in [-0.2, -0.15) is 14.9 Å². The Morgan fingerprint density at radius 2 is 2.00 bits per heavy atom. The van der Waals surface area contributed by atoms with Gasteiger partial charge in [-0.1, -0.05) is 18.2 Å². The van der Waals surface area contributed by atoms with E-state index in [4.69, 9.17) is 21.7 Å². The van der Waals surface area contributed by atoms with Crippen molar-refractivity contribution in [1.29, 1.82) is 0 Å². The van der Waals surface area contributed by atoms with Crippen LogP contribution >= 0.6 is 12.2 Å². The lowest BCUT2D eigenvalue weighted by Gasteiger charge is -2.08. The Morgan fingerprint density at radius 1 is 1.23 bits per heavy atom. The molecule has 8 heteroatoms. The zero-order valence-corrected chi connectivity index (χ0v) is 15.2. The largest absolute Gasteiger partial charge is 0.504 e. The first-order chi connectivity index (χ1) is 12.7. The summed E-state index contributed by atoms with van der Waals surface area (Å²) in [7, 11) is 1.59. The van der Waals surface area contributed by atoms with E-state index in [1.165, 1.54) is 10.9 Å². The number of phenolic OH excluding ortho intramolecular Hbond substituents is 1. The highest BCUT2D eigenvalue weighted by molar-refractivity contribution is 7.71. The third-order valence-electron chi connectivity index (χ3n) is 3.64. The van der Waals surface area contributed by atoms with Crippen molar-refractivity contribution < 1.29 is 14.6 Å². The molecule has 134 valence electrons. The molecular formula is C18H18N4O3S. The first-order valence-corrected chi connectivity index (χ1v) is 8.36. The average molecular weight is 370 g/mol. The van der Waals surface area contributed by atoms with Crippen molar-refractivity contribution in [1.82, 2.24) is 14.9 Å². The second kappa shape index (κ2) is 7.83. The molecule has 3 rings (SSSR count). The van der Waals surface area contributed by atoms with Crippen LogP contribution in [0.5, 0.6) is 17.2 Å². The maximum atomic E-state index is 10.3. The van der Waals surface area contributed by atoms with Crippen LogP contribution in [0.3, 0.4) is 0 Å². The van der Waals surface area contributed by atoms with Crippen LogP contribution in [0.15, 0.2) is 47.6 Å². The SMILES string of the molecule is CCOc1cccc(/C=N/n2c(-c3ccccc3OC)n[nH]c2=S)c1O. The van der Waals surface area contributed by atoms with Crippen LogP contribution < -0.4 is 9.47 Å². The number of ether oxygens (including phenoxy) is 2.